The Morgan fingerprint density at radius 2 is 2.38 bits per heavy atom. The second-order valence-electron chi connectivity index (χ2n) is 6.26. The lowest BCUT2D eigenvalue weighted by Gasteiger charge is -2.35. The second kappa shape index (κ2) is 7.59. The lowest BCUT2D eigenvalue weighted by atomic mass is 9.84. The summed E-state index contributed by atoms with van der Waals surface area (Å²) in [5.41, 5.74) is 1.27. The topological polar surface area (TPSA) is 58.4 Å². The Bertz CT molecular complexity index is 458. The monoisotopic (exact) mass is 293 g/mol. The van der Waals surface area contributed by atoms with Gasteiger partial charge in [0.2, 0.25) is 0 Å². The Morgan fingerprint density at radius 1 is 1.57 bits per heavy atom. The van der Waals surface area contributed by atoms with Gasteiger partial charge in [0, 0.05) is 32.3 Å². The summed E-state index contributed by atoms with van der Waals surface area (Å²) in [5.74, 6) is 0.0731. The molecule has 0 radical (unpaired) electrons. The Balaban J connectivity index is 1.91. The number of aliphatic carboxylic acids is 1. The van der Waals surface area contributed by atoms with Crippen molar-refractivity contribution in [2.24, 2.45) is 11.8 Å². The number of rotatable bonds is 7. The SMILES string of the molecule is CCCn1nccc1CN1CCCC(C(C)CC(=O)O)C1. The van der Waals surface area contributed by atoms with Gasteiger partial charge in [0.05, 0.1) is 5.69 Å². The molecule has 1 aromatic rings. The molecule has 0 saturated carbocycles. The maximum Gasteiger partial charge on any atom is 0.303 e. The highest BCUT2D eigenvalue weighted by Gasteiger charge is 2.26. The molecule has 0 spiro atoms. The highest BCUT2D eigenvalue weighted by atomic mass is 16.4. The van der Waals surface area contributed by atoms with Crippen LogP contribution in [-0.2, 0) is 17.9 Å². The molecule has 0 aliphatic carbocycles. The molecule has 1 aliphatic heterocycles. The number of aromatic nitrogens is 2. The molecule has 2 rings (SSSR count). The summed E-state index contributed by atoms with van der Waals surface area (Å²) in [6, 6.07) is 2.10. The normalized spacial score (nSPS) is 21.3. The molecule has 2 atom stereocenters. The number of nitrogens with zero attached hydrogens (tertiary/aromatic N) is 3. The summed E-state index contributed by atoms with van der Waals surface area (Å²) >= 11 is 0. The molecule has 5 heteroatoms. The van der Waals surface area contributed by atoms with E-state index in [-0.39, 0.29) is 12.3 Å². The zero-order valence-electron chi connectivity index (χ0n) is 13.2. The molecule has 2 unspecified atom stereocenters. The summed E-state index contributed by atoms with van der Waals surface area (Å²) in [7, 11) is 0. The predicted octanol–water partition coefficient (Wildman–Crippen LogP) is 2.62. The van der Waals surface area contributed by atoms with Crippen LogP contribution >= 0.6 is 0 Å². The van der Waals surface area contributed by atoms with Crippen molar-refractivity contribution >= 4 is 5.97 Å². The standard InChI is InChI=1S/C16H27N3O2/c1-3-8-19-15(6-7-17-19)12-18-9-4-5-14(11-18)13(2)10-16(20)21/h6-7,13-14H,3-5,8-12H2,1-2H3,(H,20,21). The fourth-order valence-corrected chi connectivity index (χ4v) is 3.28. The van der Waals surface area contributed by atoms with Crippen LogP contribution in [0.25, 0.3) is 0 Å². The number of hydrogen-bond acceptors (Lipinski definition) is 3. The average Bonchev–Trinajstić information content (AvgIpc) is 2.86. The van der Waals surface area contributed by atoms with Crippen LogP contribution in [0.5, 0.6) is 0 Å². The third kappa shape index (κ3) is 4.56. The smallest absolute Gasteiger partial charge is 0.303 e. The zero-order chi connectivity index (χ0) is 15.2. The molecule has 21 heavy (non-hydrogen) atoms. The summed E-state index contributed by atoms with van der Waals surface area (Å²) in [4.78, 5) is 13.3. The summed E-state index contributed by atoms with van der Waals surface area (Å²) in [6.07, 6.45) is 5.56. The van der Waals surface area contributed by atoms with E-state index in [2.05, 4.69) is 34.6 Å². The number of hydrogen-bond donors (Lipinski definition) is 1. The first kappa shape index (κ1) is 16.0. The van der Waals surface area contributed by atoms with Crippen LogP contribution in [0.3, 0.4) is 0 Å². The van der Waals surface area contributed by atoms with Gasteiger partial charge in [-0.15, -0.1) is 0 Å². The molecule has 1 fully saturated rings. The molecule has 1 saturated heterocycles. The van der Waals surface area contributed by atoms with Gasteiger partial charge < -0.3 is 5.11 Å². The number of carboxylic acids is 1. The van der Waals surface area contributed by atoms with Crippen LogP contribution in [0, 0.1) is 11.8 Å². The van der Waals surface area contributed by atoms with Crippen LogP contribution in [0.15, 0.2) is 12.3 Å². The molecule has 2 heterocycles. The van der Waals surface area contributed by atoms with Crippen molar-refractivity contribution in [2.45, 2.75) is 52.6 Å². The van der Waals surface area contributed by atoms with E-state index >= 15 is 0 Å². The minimum Gasteiger partial charge on any atom is -0.481 e. The molecular weight excluding hydrogens is 266 g/mol. The highest BCUT2D eigenvalue weighted by Crippen LogP contribution is 2.27. The van der Waals surface area contributed by atoms with Crippen LogP contribution < -0.4 is 0 Å². The van der Waals surface area contributed by atoms with Crippen molar-refractivity contribution < 1.29 is 9.90 Å². The lowest BCUT2D eigenvalue weighted by Crippen LogP contribution is -2.38. The van der Waals surface area contributed by atoms with Gasteiger partial charge in [0.1, 0.15) is 0 Å². The van der Waals surface area contributed by atoms with E-state index < -0.39 is 5.97 Å². The first-order valence-electron chi connectivity index (χ1n) is 8.05. The molecule has 1 aromatic heterocycles. The van der Waals surface area contributed by atoms with Crippen molar-refractivity contribution in [3.8, 4) is 0 Å². The Labute approximate surface area is 126 Å². The number of carboxylic acid groups (broad SMARTS) is 1. The third-order valence-electron chi connectivity index (χ3n) is 4.47. The van der Waals surface area contributed by atoms with E-state index in [1.807, 2.05) is 6.20 Å². The fraction of sp³-hybridized carbons (Fsp3) is 0.750. The van der Waals surface area contributed by atoms with E-state index in [1.165, 1.54) is 5.69 Å². The summed E-state index contributed by atoms with van der Waals surface area (Å²) in [5, 5.41) is 13.3. The first-order chi connectivity index (χ1) is 10.1. The van der Waals surface area contributed by atoms with Crippen molar-refractivity contribution in [3.05, 3.63) is 18.0 Å². The average molecular weight is 293 g/mol. The van der Waals surface area contributed by atoms with Crippen LogP contribution in [0.2, 0.25) is 0 Å². The van der Waals surface area contributed by atoms with Gasteiger partial charge >= 0.3 is 5.97 Å². The summed E-state index contributed by atoms with van der Waals surface area (Å²) < 4.78 is 2.09. The molecule has 1 aliphatic rings. The van der Waals surface area contributed by atoms with E-state index in [1.54, 1.807) is 0 Å². The fourth-order valence-electron chi connectivity index (χ4n) is 3.28. The molecule has 0 amide bonds. The van der Waals surface area contributed by atoms with E-state index in [9.17, 15) is 4.79 Å². The van der Waals surface area contributed by atoms with Crippen LogP contribution in [0.1, 0.15) is 45.2 Å². The van der Waals surface area contributed by atoms with Gasteiger partial charge in [-0.3, -0.25) is 14.4 Å². The molecule has 5 nitrogen and oxygen atoms in total. The Morgan fingerprint density at radius 3 is 3.10 bits per heavy atom. The van der Waals surface area contributed by atoms with Crippen molar-refractivity contribution in [2.75, 3.05) is 13.1 Å². The van der Waals surface area contributed by atoms with Gasteiger partial charge in [-0.05, 0) is 43.7 Å². The van der Waals surface area contributed by atoms with Gasteiger partial charge in [-0.1, -0.05) is 13.8 Å². The highest BCUT2D eigenvalue weighted by molar-refractivity contribution is 5.67. The van der Waals surface area contributed by atoms with Gasteiger partial charge in [0.15, 0.2) is 0 Å². The van der Waals surface area contributed by atoms with Crippen LogP contribution in [0.4, 0.5) is 0 Å². The minimum atomic E-state index is -0.680. The van der Waals surface area contributed by atoms with Crippen molar-refractivity contribution in [1.29, 1.82) is 0 Å². The van der Waals surface area contributed by atoms with Crippen molar-refractivity contribution in [3.63, 3.8) is 0 Å². The molecule has 1 N–H and O–H groups in total. The Hall–Kier alpha value is -1.36. The minimum absolute atomic E-state index is 0.255. The van der Waals surface area contributed by atoms with E-state index in [0.29, 0.717) is 5.92 Å². The van der Waals surface area contributed by atoms with Gasteiger partial charge in [-0.2, -0.15) is 5.10 Å². The molecule has 0 aromatic carbocycles. The number of aryl methyl sites for hydroxylation is 1. The molecule has 118 valence electrons. The Kier molecular flexibility index (Phi) is 5.79. The quantitative estimate of drug-likeness (QED) is 0.839. The largest absolute Gasteiger partial charge is 0.481 e. The lowest BCUT2D eigenvalue weighted by molar-refractivity contribution is -0.138. The van der Waals surface area contributed by atoms with Gasteiger partial charge in [-0.25, -0.2) is 0 Å². The zero-order valence-corrected chi connectivity index (χ0v) is 13.2. The van der Waals surface area contributed by atoms with E-state index in [0.717, 1.165) is 45.4 Å². The predicted molar refractivity (Wildman–Crippen MR) is 81.9 cm³/mol. The van der Waals surface area contributed by atoms with Crippen molar-refractivity contribution in [1.82, 2.24) is 14.7 Å². The number of piperidine rings is 1. The molecular formula is C16H27N3O2. The first-order valence-corrected chi connectivity index (χ1v) is 8.05. The summed E-state index contributed by atoms with van der Waals surface area (Å²) in [6.45, 7) is 8.24. The number of carbonyl (C=O) groups is 1. The molecule has 0 bridgehead atoms. The maximum absolute atomic E-state index is 10.9. The van der Waals surface area contributed by atoms with Gasteiger partial charge in [0.25, 0.3) is 0 Å². The van der Waals surface area contributed by atoms with Crippen LogP contribution in [-0.4, -0.2) is 38.8 Å². The van der Waals surface area contributed by atoms with E-state index in [4.69, 9.17) is 5.11 Å². The number of likely N-dealkylation sites (tertiary alicyclic amines) is 1. The second-order valence-corrected chi connectivity index (χ2v) is 6.26. The maximum atomic E-state index is 10.9. The third-order valence-corrected chi connectivity index (χ3v) is 4.47.